The normalized spacial score (nSPS) is 19.4. The number of hydrogen-bond acceptors (Lipinski definition) is 4. The van der Waals surface area contributed by atoms with Crippen molar-refractivity contribution in [1.82, 2.24) is 9.78 Å². The van der Waals surface area contributed by atoms with E-state index in [4.69, 9.17) is 0 Å². The van der Waals surface area contributed by atoms with Gasteiger partial charge < -0.3 is 10.0 Å². The molecule has 2 heterocycles. The Morgan fingerprint density at radius 1 is 1.52 bits per heavy atom. The van der Waals surface area contributed by atoms with E-state index in [0.29, 0.717) is 12.1 Å². The van der Waals surface area contributed by atoms with Gasteiger partial charge in [0.15, 0.2) is 0 Å². The lowest BCUT2D eigenvalue weighted by Crippen LogP contribution is -2.45. The maximum atomic E-state index is 11.5. The first-order valence-electron chi connectivity index (χ1n) is 7.21. The van der Waals surface area contributed by atoms with E-state index in [1.165, 1.54) is 0 Å². The number of anilines is 1. The Hall–Kier alpha value is -2.03. The van der Waals surface area contributed by atoms with Crippen LogP contribution in [0.2, 0.25) is 0 Å². The molecule has 114 valence electrons. The number of aromatic nitrogens is 2. The summed E-state index contributed by atoms with van der Waals surface area (Å²) >= 11 is 0. The number of carboxylic acids is 1. The SMILES string of the molecule is Cc1nn(C)c(N2CCCC(C(C)(C)C(=O)O)C2)c1C#N. The number of rotatable bonds is 3. The van der Waals surface area contributed by atoms with Crippen molar-refractivity contribution in [3.63, 3.8) is 0 Å². The van der Waals surface area contributed by atoms with Crippen LogP contribution in [-0.4, -0.2) is 33.9 Å². The summed E-state index contributed by atoms with van der Waals surface area (Å²) in [5.41, 5.74) is 0.542. The fourth-order valence-electron chi connectivity index (χ4n) is 3.07. The van der Waals surface area contributed by atoms with Gasteiger partial charge in [0.1, 0.15) is 17.5 Å². The van der Waals surface area contributed by atoms with E-state index in [1.807, 2.05) is 14.0 Å². The molecule has 21 heavy (non-hydrogen) atoms. The smallest absolute Gasteiger partial charge is 0.309 e. The maximum absolute atomic E-state index is 11.5. The Bertz CT molecular complexity index is 598. The van der Waals surface area contributed by atoms with Gasteiger partial charge in [0.2, 0.25) is 0 Å². The largest absolute Gasteiger partial charge is 0.481 e. The third kappa shape index (κ3) is 2.60. The summed E-state index contributed by atoms with van der Waals surface area (Å²) in [5, 5.41) is 23.1. The number of nitrogens with zero attached hydrogens (tertiary/aromatic N) is 4. The van der Waals surface area contributed by atoms with Crippen LogP contribution in [-0.2, 0) is 11.8 Å². The second kappa shape index (κ2) is 5.40. The lowest BCUT2D eigenvalue weighted by atomic mass is 9.74. The minimum Gasteiger partial charge on any atom is -0.481 e. The molecule has 6 nitrogen and oxygen atoms in total. The topological polar surface area (TPSA) is 82.2 Å². The molecule has 0 bridgehead atoms. The molecule has 0 aliphatic carbocycles. The van der Waals surface area contributed by atoms with Crippen LogP contribution < -0.4 is 4.90 Å². The summed E-state index contributed by atoms with van der Waals surface area (Å²) in [6.07, 6.45) is 1.82. The van der Waals surface area contributed by atoms with E-state index >= 15 is 0 Å². The van der Waals surface area contributed by atoms with Crippen LogP contribution in [0.3, 0.4) is 0 Å². The highest BCUT2D eigenvalue weighted by atomic mass is 16.4. The first-order valence-corrected chi connectivity index (χ1v) is 7.21. The lowest BCUT2D eigenvalue weighted by Gasteiger charge is -2.40. The summed E-state index contributed by atoms with van der Waals surface area (Å²) < 4.78 is 1.73. The standard InChI is InChI=1S/C15H22N4O2/c1-10-12(8-16)13(18(4)17-10)19-7-5-6-11(9-19)15(2,3)14(20)21/h11H,5-7,9H2,1-4H3,(H,20,21). The highest BCUT2D eigenvalue weighted by molar-refractivity contribution is 5.74. The van der Waals surface area contributed by atoms with Crippen molar-refractivity contribution in [3.05, 3.63) is 11.3 Å². The molecule has 0 saturated carbocycles. The number of nitriles is 1. The molecule has 1 aliphatic heterocycles. The van der Waals surface area contributed by atoms with E-state index in [2.05, 4.69) is 16.1 Å². The van der Waals surface area contributed by atoms with Crippen molar-refractivity contribution in [2.24, 2.45) is 18.4 Å². The molecule has 2 rings (SSSR count). The first-order chi connectivity index (χ1) is 9.78. The number of piperidine rings is 1. The van der Waals surface area contributed by atoms with Gasteiger partial charge in [-0.05, 0) is 39.5 Å². The van der Waals surface area contributed by atoms with Gasteiger partial charge in [0.05, 0.1) is 11.1 Å². The van der Waals surface area contributed by atoms with Crippen LogP contribution in [0.5, 0.6) is 0 Å². The van der Waals surface area contributed by atoms with E-state index in [-0.39, 0.29) is 5.92 Å². The first kappa shape index (κ1) is 15.4. The molecule has 1 N–H and O–H groups in total. The van der Waals surface area contributed by atoms with Gasteiger partial charge in [-0.25, -0.2) is 0 Å². The van der Waals surface area contributed by atoms with E-state index in [1.54, 1.807) is 18.5 Å². The highest BCUT2D eigenvalue weighted by Crippen LogP contribution is 2.36. The predicted molar refractivity (Wildman–Crippen MR) is 79.0 cm³/mol. The predicted octanol–water partition coefficient (Wildman–Crippen LogP) is 1.93. The van der Waals surface area contributed by atoms with Gasteiger partial charge in [0.25, 0.3) is 0 Å². The second-order valence-corrected chi connectivity index (χ2v) is 6.33. The molecule has 1 atom stereocenters. The van der Waals surface area contributed by atoms with Crippen molar-refractivity contribution in [1.29, 1.82) is 5.26 Å². The zero-order chi connectivity index (χ0) is 15.8. The molecule has 0 radical (unpaired) electrons. The number of carboxylic acid groups (broad SMARTS) is 1. The minimum atomic E-state index is -0.768. The summed E-state index contributed by atoms with van der Waals surface area (Å²) in [6, 6.07) is 2.22. The van der Waals surface area contributed by atoms with Crippen LogP contribution in [0.4, 0.5) is 5.82 Å². The van der Waals surface area contributed by atoms with Crippen LogP contribution in [0.25, 0.3) is 0 Å². The zero-order valence-corrected chi connectivity index (χ0v) is 13.1. The Labute approximate surface area is 125 Å². The number of aliphatic carboxylic acids is 1. The Balaban J connectivity index is 2.31. The van der Waals surface area contributed by atoms with Crippen LogP contribution >= 0.6 is 0 Å². The summed E-state index contributed by atoms with van der Waals surface area (Å²) in [5.74, 6) is 0.0995. The van der Waals surface area contributed by atoms with Crippen LogP contribution in [0.1, 0.15) is 37.9 Å². The fourth-order valence-corrected chi connectivity index (χ4v) is 3.07. The van der Waals surface area contributed by atoms with Gasteiger partial charge in [-0.3, -0.25) is 9.48 Å². The maximum Gasteiger partial charge on any atom is 0.309 e. The highest BCUT2D eigenvalue weighted by Gasteiger charge is 2.40. The Morgan fingerprint density at radius 3 is 2.76 bits per heavy atom. The summed E-state index contributed by atoms with van der Waals surface area (Å²) in [6.45, 7) is 6.86. The monoisotopic (exact) mass is 290 g/mol. The number of aryl methyl sites for hydroxylation is 2. The van der Waals surface area contributed by atoms with Gasteiger partial charge >= 0.3 is 5.97 Å². The molecule has 0 spiro atoms. The van der Waals surface area contributed by atoms with Gasteiger partial charge in [0, 0.05) is 20.1 Å². The third-order valence-corrected chi connectivity index (χ3v) is 4.60. The number of carbonyl (C=O) groups is 1. The molecule has 6 heteroatoms. The molecule has 1 aromatic rings. The van der Waals surface area contributed by atoms with Crippen molar-refractivity contribution in [2.45, 2.75) is 33.6 Å². The molecule has 1 aromatic heterocycles. The zero-order valence-electron chi connectivity index (χ0n) is 13.1. The number of hydrogen-bond donors (Lipinski definition) is 1. The molecule has 0 amide bonds. The van der Waals surface area contributed by atoms with Crippen molar-refractivity contribution >= 4 is 11.8 Å². The molecule has 1 unspecified atom stereocenters. The molecular formula is C15H22N4O2. The van der Waals surface area contributed by atoms with E-state index < -0.39 is 11.4 Å². The molecular weight excluding hydrogens is 268 g/mol. The molecule has 0 aromatic carbocycles. The van der Waals surface area contributed by atoms with Crippen molar-refractivity contribution < 1.29 is 9.90 Å². The summed E-state index contributed by atoms with van der Waals surface area (Å²) in [7, 11) is 1.83. The summed E-state index contributed by atoms with van der Waals surface area (Å²) in [4.78, 5) is 13.6. The van der Waals surface area contributed by atoms with Crippen LogP contribution in [0, 0.1) is 29.6 Å². The Morgan fingerprint density at radius 2 is 2.19 bits per heavy atom. The molecule has 1 fully saturated rings. The fraction of sp³-hybridized carbons (Fsp3) is 0.667. The minimum absolute atomic E-state index is 0.0606. The van der Waals surface area contributed by atoms with Crippen molar-refractivity contribution in [2.75, 3.05) is 18.0 Å². The van der Waals surface area contributed by atoms with Crippen molar-refractivity contribution in [3.8, 4) is 6.07 Å². The van der Waals surface area contributed by atoms with Gasteiger partial charge in [-0.1, -0.05) is 0 Å². The van der Waals surface area contributed by atoms with E-state index in [9.17, 15) is 15.2 Å². The molecule has 1 saturated heterocycles. The average Bonchev–Trinajstić information content (AvgIpc) is 2.72. The van der Waals surface area contributed by atoms with Gasteiger partial charge in [-0.2, -0.15) is 10.4 Å². The average molecular weight is 290 g/mol. The molecule has 1 aliphatic rings. The second-order valence-electron chi connectivity index (χ2n) is 6.33. The lowest BCUT2D eigenvalue weighted by molar-refractivity contribution is -0.150. The quantitative estimate of drug-likeness (QED) is 0.919. The van der Waals surface area contributed by atoms with Gasteiger partial charge in [-0.15, -0.1) is 0 Å². The van der Waals surface area contributed by atoms with Crippen LogP contribution in [0.15, 0.2) is 0 Å². The third-order valence-electron chi connectivity index (χ3n) is 4.60. The Kier molecular flexibility index (Phi) is 3.95. The van der Waals surface area contributed by atoms with E-state index in [0.717, 1.165) is 30.9 Å².